The molecule has 1 aliphatic carbocycles. The Kier molecular flexibility index (Phi) is 8.77. The van der Waals surface area contributed by atoms with Crippen molar-refractivity contribution in [1.29, 1.82) is 0 Å². The van der Waals surface area contributed by atoms with Gasteiger partial charge in [-0.3, -0.25) is 14.4 Å². The van der Waals surface area contributed by atoms with Crippen LogP contribution in [0.4, 0.5) is 0 Å². The molecular formula is C18H28O5. The van der Waals surface area contributed by atoms with Gasteiger partial charge in [0.05, 0.1) is 12.7 Å². The van der Waals surface area contributed by atoms with Crippen molar-refractivity contribution in [2.45, 2.75) is 64.9 Å². The van der Waals surface area contributed by atoms with E-state index in [0.717, 1.165) is 19.3 Å². The molecule has 1 fully saturated rings. The van der Waals surface area contributed by atoms with Gasteiger partial charge in [0, 0.05) is 31.1 Å². The van der Waals surface area contributed by atoms with Crippen LogP contribution in [0.25, 0.3) is 0 Å². The number of carbonyl (C=O) groups excluding carboxylic acids is 3. The van der Waals surface area contributed by atoms with Crippen molar-refractivity contribution in [3.05, 3.63) is 12.2 Å². The van der Waals surface area contributed by atoms with Gasteiger partial charge in [-0.05, 0) is 25.8 Å². The number of unbranched alkanes of at least 4 members (excludes halogenated alkanes) is 2. The minimum absolute atomic E-state index is 0.0224. The second-order valence-electron chi connectivity index (χ2n) is 6.05. The Morgan fingerprint density at radius 1 is 1.26 bits per heavy atom. The zero-order chi connectivity index (χ0) is 17.2. The number of allylic oxidation sites excluding steroid dienone is 1. The van der Waals surface area contributed by atoms with Gasteiger partial charge in [0.1, 0.15) is 5.78 Å². The van der Waals surface area contributed by atoms with Crippen molar-refractivity contribution in [3.63, 3.8) is 0 Å². The second-order valence-corrected chi connectivity index (χ2v) is 6.05. The zero-order valence-corrected chi connectivity index (χ0v) is 14.1. The SMILES string of the molecule is CCCCCC(=O)C=C[C@H]1[C@H](O)CC(=O)[C@H]1CCC(=O)OCC. The predicted octanol–water partition coefficient (Wildman–Crippen LogP) is 2.60. The quantitative estimate of drug-likeness (QED) is 0.379. The van der Waals surface area contributed by atoms with Crippen molar-refractivity contribution in [2.75, 3.05) is 6.61 Å². The first-order chi connectivity index (χ1) is 11.0. The van der Waals surface area contributed by atoms with Crippen LogP contribution in [0.1, 0.15) is 58.8 Å². The van der Waals surface area contributed by atoms with Gasteiger partial charge >= 0.3 is 5.97 Å². The fourth-order valence-corrected chi connectivity index (χ4v) is 2.95. The van der Waals surface area contributed by atoms with Crippen molar-refractivity contribution >= 4 is 17.5 Å². The maximum absolute atomic E-state index is 12.0. The number of esters is 1. The van der Waals surface area contributed by atoms with Gasteiger partial charge in [-0.1, -0.05) is 25.8 Å². The molecule has 5 heteroatoms. The molecule has 1 saturated carbocycles. The maximum atomic E-state index is 12.0. The lowest BCUT2D eigenvalue weighted by Gasteiger charge is -2.16. The molecular weight excluding hydrogens is 296 g/mol. The smallest absolute Gasteiger partial charge is 0.305 e. The lowest BCUT2D eigenvalue weighted by Crippen LogP contribution is -2.20. The van der Waals surface area contributed by atoms with E-state index in [1.165, 1.54) is 6.08 Å². The lowest BCUT2D eigenvalue weighted by molar-refractivity contribution is -0.143. The highest BCUT2D eigenvalue weighted by molar-refractivity contribution is 5.90. The molecule has 0 unspecified atom stereocenters. The number of hydrogen-bond donors (Lipinski definition) is 1. The predicted molar refractivity (Wildman–Crippen MR) is 86.8 cm³/mol. The fourth-order valence-electron chi connectivity index (χ4n) is 2.95. The Balaban J connectivity index is 2.56. The van der Waals surface area contributed by atoms with Crippen LogP contribution in [0.15, 0.2) is 12.2 Å². The minimum Gasteiger partial charge on any atom is -0.466 e. The van der Waals surface area contributed by atoms with Crippen LogP contribution >= 0.6 is 0 Å². The minimum atomic E-state index is -0.769. The van der Waals surface area contributed by atoms with E-state index in [9.17, 15) is 19.5 Å². The van der Waals surface area contributed by atoms with E-state index in [1.807, 2.05) is 0 Å². The highest BCUT2D eigenvalue weighted by Crippen LogP contribution is 2.33. The molecule has 0 radical (unpaired) electrons. The third-order valence-corrected chi connectivity index (χ3v) is 4.23. The van der Waals surface area contributed by atoms with Crippen LogP contribution in [0.3, 0.4) is 0 Å². The van der Waals surface area contributed by atoms with Crippen LogP contribution < -0.4 is 0 Å². The Morgan fingerprint density at radius 3 is 2.65 bits per heavy atom. The first kappa shape index (κ1) is 19.6. The second kappa shape index (κ2) is 10.3. The van der Waals surface area contributed by atoms with Crippen molar-refractivity contribution in [1.82, 2.24) is 0 Å². The molecule has 3 atom stereocenters. The maximum Gasteiger partial charge on any atom is 0.305 e. The molecule has 0 aliphatic heterocycles. The summed E-state index contributed by atoms with van der Waals surface area (Å²) < 4.78 is 4.87. The van der Waals surface area contributed by atoms with Crippen molar-refractivity contribution < 1.29 is 24.2 Å². The van der Waals surface area contributed by atoms with Crippen LogP contribution in [0, 0.1) is 11.8 Å². The van der Waals surface area contributed by atoms with Gasteiger partial charge in [-0.2, -0.15) is 0 Å². The average molecular weight is 324 g/mol. The zero-order valence-electron chi connectivity index (χ0n) is 14.1. The molecule has 0 aromatic heterocycles. The molecule has 5 nitrogen and oxygen atoms in total. The summed E-state index contributed by atoms with van der Waals surface area (Å²) in [5.41, 5.74) is 0. The number of Topliss-reactive ketones (excluding diaryl/α,β-unsaturated/α-hetero) is 1. The molecule has 0 saturated heterocycles. The average Bonchev–Trinajstić information content (AvgIpc) is 2.77. The fraction of sp³-hybridized carbons (Fsp3) is 0.722. The van der Waals surface area contributed by atoms with E-state index in [-0.39, 0.29) is 36.3 Å². The van der Waals surface area contributed by atoms with E-state index in [2.05, 4.69) is 6.92 Å². The number of rotatable bonds is 10. The number of carbonyl (C=O) groups is 3. The van der Waals surface area contributed by atoms with Gasteiger partial charge in [0.15, 0.2) is 5.78 Å². The summed E-state index contributed by atoms with van der Waals surface area (Å²) in [6.45, 7) is 4.13. The molecule has 0 aromatic rings. The summed E-state index contributed by atoms with van der Waals surface area (Å²) >= 11 is 0. The number of aliphatic hydroxyl groups excluding tert-OH is 1. The van der Waals surface area contributed by atoms with Gasteiger partial charge in [0.25, 0.3) is 0 Å². The Morgan fingerprint density at radius 2 is 2.00 bits per heavy atom. The molecule has 0 spiro atoms. The van der Waals surface area contributed by atoms with Gasteiger partial charge in [0.2, 0.25) is 0 Å². The number of ketones is 2. The van der Waals surface area contributed by atoms with Crippen molar-refractivity contribution in [3.8, 4) is 0 Å². The summed E-state index contributed by atoms with van der Waals surface area (Å²) in [6.07, 6.45) is 6.40. The summed E-state index contributed by atoms with van der Waals surface area (Å²) in [4.78, 5) is 35.2. The first-order valence-corrected chi connectivity index (χ1v) is 8.57. The first-order valence-electron chi connectivity index (χ1n) is 8.57. The molecule has 1 aliphatic rings. The van der Waals surface area contributed by atoms with E-state index in [0.29, 0.717) is 19.4 Å². The topological polar surface area (TPSA) is 80.7 Å². The molecule has 0 bridgehead atoms. The molecule has 0 heterocycles. The number of ether oxygens (including phenoxy) is 1. The third-order valence-electron chi connectivity index (χ3n) is 4.23. The van der Waals surface area contributed by atoms with Crippen LogP contribution in [0.2, 0.25) is 0 Å². The van der Waals surface area contributed by atoms with E-state index in [4.69, 9.17) is 4.74 Å². The highest BCUT2D eigenvalue weighted by atomic mass is 16.5. The third kappa shape index (κ3) is 6.65. The van der Waals surface area contributed by atoms with Gasteiger partial charge in [-0.15, -0.1) is 0 Å². The van der Waals surface area contributed by atoms with Crippen LogP contribution in [0.5, 0.6) is 0 Å². The molecule has 0 aromatic carbocycles. The monoisotopic (exact) mass is 324 g/mol. The Bertz CT molecular complexity index is 441. The number of aliphatic hydroxyl groups is 1. The van der Waals surface area contributed by atoms with Crippen molar-refractivity contribution in [2.24, 2.45) is 11.8 Å². The molecule has 1 rings (SSSR count). The summed E-state index contributed by atoms with van der Waals surface area (Å²) in [7, 11) is 0. The molecule has 130 valence electrons. The van der Waals surface area contributed by atoms with Gasteiger partial charge < -0.3 is 9.84 Å². The summed E-state index contributed by atoms with van der Waals surface area (Å²) in [5, 5.41) is 10.0. The normalized spacial score (nSPS) is 24.3. The van der Waals surface area contributed by atoms with E-state index in [1.54, 1.807) is 13.0 Å². The van der Waals surface area contributed by atoms with Crippen LogP contribution in [-0.2, 0) is 19.1 Å². The summed E-state index contributed by atoms with van der Waals surface area (Å²) in [6, 6.07) is 0. The van der Waals surface area contributed by atoms with E-state index >= 15 is 0 Å². The standard InChI is InChI=1S/C18H28O5/c1-3-5-6-7-13(19)8-9-14-15(17(21)12-16(14)20)10-11-18(22)23-4-2/h8-9,14-16,20H,3-7,10-12H2,1-2H3/t14-,15+,16-/m1/s1. The summed E-state index contributed by atoms with van der Waals surface area (Å²) in [5.74, 6) is -1.15. The van der Waals surface area contributed by atoms with E-state index < -0.39 is 12.0 Å². The molecule has 23 heavy (non-hydrogen) atoms. The Labute approximate surface area is 138 Å². The molecule has 1 N–H and O–H groups in total. The van der Waals surface area contributed by atoms with Crippen LogP contribution in [-0.4, -0.2) is 35.4 Å². The molecule has 0 amide bonds. The highest BCUT2D eigenvalue weighted by Gasteiger charge is 2.40. The largest absolute Gasteiger partial charge is 0.466 e. The Hall–Kier alpha value is -1.49. The lowest BCUT2D eigenvalue weighted by atomic mass is 9.89. The number of hydrogen-bond acceptors (Lipinski definition) is 5. The van der Waals surface area contributed by atoms with Gasteiger partial charge in [-0.25, -0.2) is 0 Å².